The first-order valence-corrected chi connectivity index (χ1v) is 9.29. The van der Waals surface area contributed by atoms with Gasteiger partial charge in [0.25, 0.3) is 0 Å². The van der Waals surface area contributed by atoms with Crippen LogP contribution in [0.4, 0.5) is 0 Å². The minimum atomic E-state index is 0. The molecule has 0 unspecified atom stereocenters. The molecule has 0 spiro atoms. The van der Waals surface area contributed by atoms with E-state index in [1.54, 1.807) is 7.05 Å². The molecule has 3 rings (SSSR count). The Hall–Kier alpha value is -1.84. The van der Waals surface area contributed by atoms with Crippen LogP contribution in [0.15, 0.2) is 29.3 Å². The number of aromatic amines is 1. The Labute approximate surface area is 177 Å². The largest absolute Gasteiger partial charge is 0.359 e. The van der Waals surface area contributed by atoms with E-state index in [9.17, 15) is 4.79 Å². The van der Waals surface area contributed by atoms with Crippen molar-refractivity contribution in [3.8, 4) is 0 Å². The molecule has 3 N–H and O–H groups in total. The molecule has 1 amide bonds. The molecule has 2 aromatic rings. The lowest BCUT2D eigenvalue weighted by molar-refractivity contribution is -0.121. The summed E-state index contributed by atoms with van der Waals surface area (Å²) in [7, 11) is 3.52. The van der Waals surface area contributed by atoms with Crippen LogP contribution in [0, 0.1) is 5.92 Å². The number of rotatable bonds is 5. The Balaban J connectivity index is 0.00000261. The summed E-state index contributed by atoms with van der Waals surface area (Å²) in [5, 5.41) is 6.15. The van der Waals surface area contributed by atoms with Crippen molar-refractivity contribution < 1.29 is 4.79 Å². The van der Waals surface area contributed by atoms with Crippen molar-refractivity contribution in [1.29, 1.82) is 0 Å². The van der Waals surface area contributed by atoms with Crippen molar-refractivity contribution in [3.05, 3.63) is 30.1 Å². The van der Waals surface area contributed by atoms with E-state index in [0.29, 0.717) is 12.3 Å². The summed E-state index contributed by atoms with van der Waals surface area (Å²) < 4.78 is 0. The van der Waals surface area contributed by atoms with Gasteiger partial charge in [-0.15, -0.1) is 24.0 Å². The van der Waals surface area contributed by atoms with E-state index < -0.39 is 0 Å². The Bertz CT molecular complexity index is 733. The first-order valence-electron chi connectivity index (χ1n) is 9.29. The van der Waals surface area contributed by atoms with Gasteiger partial charge in [-0.25, -0.2) is 4.98 Å². The van der Waals surface area contributed by atoms with Gasteiger partial charge in [-0.1, -0.05) is 12.1 Å². The third-order valence-electron chi connectivity index (χ3n) is 4.96. The van der Waals surface area contributed by atoms with Gasteiger partial charge in [-0.05, 0) is 30.9 Å². The fraction of sp³-hybridized carbons (Fsp3) is 0.526. The zero-order valence-corrected chi connectivity index (χ0v) is 18.3. The highest BCUT2D eigenvalue weighted by atomic mass is 127. The summed E-state index contributed by atoms with van der Waals surface area (Å²) >= 11 is 0. The van der Waals surface area contributed by atoms with Crippen molar-refractivity contribution in [2.45, 2.75) is 25.7 Å². The van der Waals surface area contributed by atoms with E-state index in [2.05, 4.69) is 30.5 Å². The van der Waals surface area contributed by atoms with Crippen molar-refractivity contribution >= 4 is 46.9 Å². The first-order chi connectivity index (χ1) is 12.7. The van der Waals surface area contributed by atoms with E-state index in [1.807, 2.05) is 31.3 Å². The van der Waals surface area contributed by atoms with Crippen molar-refractivity contribution in [2.24, 2.45) is 10.9 Å². The fourth-order valence-corrected chi connectivity index (χ4v) is 3.46. The lowest BCUT2D eigenvalue weighted by atomic mass is 9.93. The Morgan fingerprint density at radius 3 is 2.74 bits per heavy atom. The molecular weight excluding hydrogens is 455 g/mol. The van der Waals surface area contributed by atoms with Crippen LogP contribution in [0.3, 0.4) is 0 Å². The molecule has 8 heteroatoms. The number of amides is 1. The molecular formula is C19H29IN6O. The summed E-state index contributed by atoms with van der Waals surface area (Å²) in [6.07, 6.45) is 3.50. The minimum absolute atomic E-state index is 0. The van der Waals surface area contributed by atoms with E-state index in [-0.39, 0.29) is 29.9 Å². The number of H-pyrrole nitrogens is 1. The number of halogens is 1. The first kappa shape index (κ1) is 21.5. The quantitative estimate of drug-likeness (QED) is 0.345. The number of hydrogen-bond donors (Lipinski definition) is 3. The van der Waals surface area contributed by atoms with Crippen LogP contribution in [0.5, 0.6) is 0 Å². The number of aliphatic imine (C=N–C) groups is 1. The van der Waals surface area contributed by atoms with Crippen LogP contribution in [0.25, 0.3) is 11.0 Å². The maximum absolute atomic E-state index is 11.5. The van der Waals surface area contributed by atoms with Crippen LogP contribution >= 0.6 is 24.0 Å². The van der Waals surface area contributed by atoms with Gasteiger partial charge in [-0.3, -0.25) is 9.79 Å². The Morgan fingerprint density at radius 1 is 1.33 bits per heavy atom. The summed E-state index contributed by atoms with van der Waals surface area (Å²) in [5.41, 5.74) is 2.08. The average molecular weight is 484 g/mol. The zero-order valence-electron chi connectivity index (χ0n) is 16.0. The molecule has 2 heterocycles. The maximum Gasteiger partial charge on any atom is 0.220 e. The number of imidazole rings is 1. The molecule has 1 aromatic heterocycles. The second-order valence-corrected chi connectivity index (χ2v) is 6.73. The van der Waals surface area contributed by atoms with Gasteiger partial charge in [0, 0.05) is 46.6 Å². The van der Waals surface area contributed by atoms with Gasteiger partial charge >= 0.3 is 0 Å². The molecule has 1 aliphatic rings. The second-order valence-electron chi connectivity index (χ2n) is 6.73. The maximum atomic E-state index is 11.5. The molecule has 1 aromatic carbocycles. The summed E-state index contributed by atoms with van der Waals surface area (Å²) in [4.78, 5) is 26.2. The fourth-order valence-electron chi connectivity index (χ4n) is 3.46. The summed E-state index contributed by atoms with van der Waals surface area (Å²) in [6.45, 7) is 2.66. The summed E-state index contributed by atoms with van der Waals surface area (Å²) in [5.74, 6) is 2.52. The molecule has 7 nitrogen and oxygen atoms in total. The lowest BCUT2D eigenvalue weighted by Crippen LogP contribution is -2.46. The Morgan fingerprint density at radius 2 is 2.07 bits per heavy atom. The highest BCUT2D eigenvalue weighted by molar-refractivity contribution is 14.0. The SMILES string of the molecule is CN=C(NCCc1nc2ccccc2[nH]1)N1CCC(CC(=O)NC)CC1.I. The number of nitrogens with zero attached hydrogens (tertiary/aromatic N) is 3. The second kappa shape index (κ2) is 10.5. The van der Waals surface area contributed by atoms with Crippen LogP contribution < -0.4 is 10.6 Å². The Kier molecular flexibility index (Phi) is 8.33. The number of benzene rings is 1. The molecule has 0 aliphatic carbocycles. The molecule has 1 saturated heterocycles. The van der Waals surface area contributed by atoms with Gasteiger partial charge in [-0.2, -0.15) is 0 Å². The molecule has 1 aliphatic heterocycles. The number of aromatic nitrogens is 2. The average Bonchev–Trinajstić information content (AvgIpc) is 3.09. The number of nitrogens with one attached hydrogen (secondary N) is 3. The molecule has 27 heavy (non-hydrogen) atoms. The number of hydrogen-bond acceptors (Lipinski definition) is 3. The van der Waals surface area contributed by atoms with Gasteiger partial charge in [0.15, 0.2) is 5.96 Å². The molecule has 0 saturated carbocycles. The normalized spacial score (nSPS) is 15.5. The molecule has 148 valence electrons. The van der Waals surface area contributed by atoms with E-state index in [0.717, 1.165) is 61.7 Å². The molecule has 1 fully saturated rings. The van der Waals surface area contributed by atoms with Crippen LogP contribution in [-0.2, 0) is 11.2 Å². The van der Waals surface area contributed by atoms with E-state index in [1.165, 1.54) is 0 Å². The minimum Gasteiger partial charge on any atom is -0.359 e. The van der Waals surface area contributed by atoms with Gasteiger partial charge in [0.2, 0.25) is 5.91 Å². The van der Waals surface area contributed by atoms with Crippen molar-refractivity contribution in [3.63, 3.8) is 0 Å². The summed E-state index contributed by atoms with van der Waals surface area (Å²) in [6, 6.07) is 8.07. The van der Waals surface area contributed by atoms with Gasteiger partial charge < -0.3 is 20.5 Å². The van der Waals surface area contributed by atoms with Crippen LogP contribution in [0.2, 0.25) is 0 Å². The van der Waals surface area contributed by atoms with Crippen molar-refractivity contribution in [2.75, 3.05) is 33.7 Å². The van der Waals surface area contributed by atoms with Crippen LogP contribution in [0.1, 0.15) is 25.1 Å². The predicted molar refractivity (Wildman–Crippen MR) is 120 cm³/mol. The number of piperidine rings is 1. The lowest BCUT2D eigenvalue weighted by Gasteiger charge is -2.34. The monoisotopic (exact) mass is 484 g/mol. The van der Waals surface area contributed by atoms with E-state index in [4.69, 9.17) is 0 Å². The molecule has 0 atom stereocenters. The standard InChI is InChI=1S/C19H28N6O.HI/c1-20-18(26)13-14-8-11-25(12-9-14)19(21-2)22-10-7-17-23-15-5-3-4-6-16(15)24-17;/h3-6,14H,7-13H2,1-2H3,(H,20,26)(H,21,22)(H,23,24);1H. The number of para-hydroxylation sites is 2. The van der Waals surface area contributed by atoms with Gasteiger partial charge in [0.05, 0.1) is 11.0 Å². The topological polar surface area (TPSA) is 85.4 Å². The number of carbonyl (C=O) groups is 1. The van der Waals surface area contributed by atoms with Gasteiger partial charge in [0.1, 0.15) is 5.82 Å². The number of likely N-dealkylation sites (tertiary alicyclic amines) is 1. The number of guanidine groups is 1. The number of fused-ring (bicyclic) bond motifs is 1. The third kappa shape index (κ3) is 5.82. The van der Waals surface area contributed by atoms with Crippen molar-refractivity contribution in [1.82, 2.24) is 25.5 Å². The highest BCUT2D eigenvalue weighted by Crippen LogP contribution is 2.20. The number of carbonyl (C=O) groups excluding carboxylic acids is 1. The zero-order chi connectivity index (χ0) is 18.4. The molecule has 0 radical (unpaired) electrons. The van der Waals surface area contributed by atoms with E-state index >= 15 is 0 Å². The highest BCUT2D eigenvalue weighted by Gasteiger charge is 2.22. The third-order valence-corrected chi connectivity index (χ3v) is 4.96. The smallest absolute Gasteiger partial charge is 0.220 e. The van der Waals surface area contributed by atoms with Crippen LogP contribution in [-0.4, -0.2) is 60.5 Å². The predicted octanol–water partition coefficient (Wildman–Crippen LogP) is 2.15. The molecule has 0 bridgehead atoms.